The van der Waals surface area contributed by atoms with Crippen LogP contribution < -0.4 is 0 Å². The average molecular weight is 519 g/mol. The van der Waals surface area contributed by atoms with E-state index in [2.05, 4.69) is 20.1 Å². The highest BCUT2D eigenvalue weighted by Gasteiger charge is 2.78. The zero-order valence-electron chi connectivity index (χ0n) is 22.8. The standard InChI is InChI=1S/C29H46N2O6/c1-5-8-14-21-36-27(35)23-22-25(33)31(19-12-10-11-13-20-32)24(29(22)16-15-28(23,4)37-29)26(34)30(17-7-3)18-9-6-2/h5,7,22-24,32H,1,3,6,8-21H2,2,4H3/t22-,23+,24?,28-,29?/m0/s1. The van der Waals surface area contributed by atoms with Gasteiger partial charge in [-0.2, -0.15) is 0 Å². The van der Waals surface area contributed by atoms with Crippen molar-refractivity contribution in [1.82, 2.24) is 9.80 Å². The number of amides is 2. The first-order valence-electron chi connectivity index (χ1n) is 14.1. The monoisotopic (exact) mass is 518 g/mol. The lowest BCUT2D eigenvalue weighted by Gasteiger charge is -2.37. The van der Waals surface area contributed by atoms with Crippen LogP contribution >= 0.6 is 0 Å². The van der Waals surface area contributed by atoms with Gasteiger partial charge >= 0.3 is 5.97 Å². The predicted molar refractivity (Wildman–Crippen MR) is 142 cm³/mol. The molecule has 3 heterocycles. The number of rotatable bonds is 17. The summed E-state index contributed by atoms with van der Waals surface area (Å²) in [6.07, 6.45) is 11.1. The first-order chi connectivity index (χ1) is 17.8. The molecule has 0 aromatic heterocycles. The molecule has 0 saturated carbocycles. The molecule has 8 nitrogen and oxygen atoms in total. The quantitative estimate of drug-likeness (QED) is 0.179. The molecule has 1 spiro atoms. The third kappa shape index (κ3) is 5.80. The molecule has 2 amide bonds. The van der Waals surface area contributed by atoms with E-state index in [0.717, 1.165) is 38.5 Å². The summed E-state index contributed by atoms with van der Waals surface area (Å²) in [5.74, 6) is -2.15. The molecule has 208 valence electrons. The number of fused-ring (bicyclic) bond motifs is 1. The van der Waals surface area contributed by atoms with Gasteiger partial charge in [-0.15, -0.1) is 13.2 Å². The van der Waals surface area contributed by atoms with Gasteiger partial charge in [0.1, 0.15) is 17.6 Å². The summed E-state index contributed by atoms with van der Waals surface area (Å²) >= 11 is 0. The highest BCUT2D eigenvalue weighted by Crippen LogP contribution is 2.63. The molecule has 0 aromatic rings. The number of allylic oxidation sites excluding steroid dienone is 1. The van der Waals surface area contributed by atoms with Gasteiger partial charge in [-0.05, 0) is 51.9 Å². The van der Waals surface area contributed by atoms with Crippen molar-refractivity contribution in [1.29, 1.82) is 0 Å². The zero-order valence-corrected chi connectivity index (χ0v) is 22.8. The number of likely N-dealkylation sites (tertiary alicyclic amines) is 1. The second-order valence-corrected chi connectivity index (χ2v) is 10.9. The van der Waals surface area contributed by atoms with E-state index in [-0.39, 0.29) is 25.0 Å². The van der Waals surface area contributed by atoms with E-state index in [1.54, 1.807) is 22.0 Å². The summed E-state index contributed by atoms with van der Waals surface area (Å²) < 4.78 is 12.3. The normalized spacial score (nSPS) is 29.9. The van der Waals surface area contributed by atoms with Gasteiger partial charge in [0.25, 0.3) is 0 Å². The van der Waals surface area contributed by atoms with E-state index in [1.165, 1.54) is 0 Å². The van der Waals surface area contributed by atoms with E-state index in [9.17, 15) is 14.4 Å². The number of hydrogen-bond donors (Lipinski definition) is 1. The smallest absolute Gasteiger partial charge is 0.312 e. The van der Waals surface area contributed by atoms with Crippen molar-refractivity contribution < 1.29 is 29.0 Å². The Morgan fingerprint density at radius 3 is 2.59 bits per heavy atom. The van der Waals surface area contributed by atoms with Crippen molar-refractivity contribution in [3.63, 3.8) is 0 Å². The summed E-state index contributed by atoms with van der Waals surface area (Å²) in [4.78, 5) is 45.0. The van der Waals surface area contributed by atoms with E-state index >= 15 is 0 Å². The van der Waals surface area contributed by atoms with Crippen LogP contribution in [0.4, 0.5) is 0 Å². The van der Waals surface area contributed by atoms with E-state index in [4.69, 9.17) is 14.6 Å². The fraction of sp³-hybridized carbons (Fsp3) is 0.759. The summed E-state index contributed by atoms with van der Waals surface area (Å²) in [5.41, 5.74) is -1.85. The van der Waals surface area contributed by atoms with Gasteiger partial charge in [-0.3, -0.25) is 14.4 Å². The molecule has 3 rings (SSSR count). The average Bonchev–Trinajstić information content (AvgIpc) is 3.44. The van der Waals surface area contributed by atoms with Gasteiger partial charge in [0.2, 0.25) is 11.8 Å². The number of aliphatic hydroxyl groups excluding tert-OH is 1. The van der Waals surface area contributed by atoms with E-state index < -0.39 is 35.0 Å². The molecular weight excluding hydrogens is 472 g/mol. The molecule has 5 atom stereocenters. The van der Waals surface area contributed by atoms with Crippen LogP contribution in [0.25, 0.3) is 0 Å². The Morgan fingerprint density at radius 1 is 1.16 bits per heavy atom. The molecule has 2 bridgehead atoms. The number of aliphatic hydroxyl groups is 1. The van der Waals surface area contributed by atoms with E-state index in [0.29, 0.717) is 45.3 Å². The molecule has 3 aliphatic heterocycles. The van der Waals surface area contributed by atoms with Crippen LogP contribution in [-0.4, -0.2) is 82.8 Å². The Hall–Kier alpha value is -2.19. The van der Waals surface area contributed by atoms with Crippen molar-refractivity contribution in [3.05, 3.63) is 25.3 Å². The highest BCUT2D eigenvalue weighted by molar-refractivity contribution is 5.98. The van der Waals surface area contributed by atoms with Crippen molar-refractivity contribution in [2.24, 2.45) is 11.8 Å². The maximum Gasteiger partial charge on any atom is 0.312 e. The van der Waals surface area contributed by atoms with Crippen LogP contribution in [-0.2, 0) is 23.9 Å². The molecule has 8 heteroatoms. The van der Waals surface area contributed by atoms with Crippen LogP contribution in [0.15, 0.2) is 25.3 Å². The van der Waals surface area contributed by atoms with Gasteiger partial charge in [-0.1, -0.05) is 38.3 Å². The first kappa shape index (κ1) is 29.4. The van der Waals surface area contributed by atoms with Gasteiger partial charge in [0, 0.05) is 26.2 Å². The number of carbonyl (C=O) groups is 3. The van der Waals surface area contributed by atoms with E-state index in [1.807, 2.05) is 6.92 Å². The maximum absolute atomic E-state index is 14.1. The largest absolute Gasteiger partial charge is 0.465 e. The summed E-state index contributed by atoms with van der Waals surface area (Å²) in [5, 5.41) is 9.10. The molecule has 3 saturated heterocycles. The maximum atomic E-state index is 14.1. The number of esters is 1. The Balaban J connectivity index is 1.91. The summed E-state index contributed by atoms with van der Waals surface area (Å²) in [6, 6.07) is -0.764. The number of ether oxygens (including phenoxy) is 2. The number of nitrogens with zero attached hydrogens (tertiary/aromatic N) is 2. The molecule has 2 unspecified atom stereocenters. The fourth-order valence-corrected chi connectivity index (χ4v) is 6.51. The fourth-order valence-electron chi connectivity index (χ4n) is 6.51. The Morgan fingerprint density at radius 2 is 1.92 bits per heavy atom. The van der Waals surface area contributed by atoms with Crippen LogP contribution in [0, 0.1) is 11.8 Å². The summed E-state index contributed by atoms with van der Waals surface area (Å²) in [7, 11) is 0. The predicted octanol–water partition coefficient (Wildman–Crippen LogP) is 3.63. The first-order valence-corrected chi connectivity index (χ1v) is 14.1. The number of hydrogen-bond acceptors (Lipinski definition) is 6. The molecule has 0 aliphatic carbocycles. The topological polar surface area (TPSA) is 96.4 Å². The number of unbranched alkanes of at least 4 members (excludes halogenated alkanes) is 5. The van der Waals surface area contributed by atoms with Gasteiger partial charge in [0.05, 0.1) is 18.1 Å². The molecule has 0 aromatic carbocycles. The number of carbonyl (C=O) groups excluding carboxylic acids is 3. The SMILES string of the molecule is C=CCCCOC(=O)[C@H]1[C@H]2C(=O)N(CCCCCCO)C(C(=O)N(CC=C)CCCC)C23CC[C@]1(C)O3. The van der Waals surface area contributed by atoms with Gasteiger partial charge in [-0.25, -0.2) is 0 Å². The van der Waals surface area contributed by atoms with Crippen molar-refractivity contribution >= 4 is 17.8 Å². The molecule has 0 radical (unpaired) electrons. The highest BCUT2D eigenvalue weighted by atomic mass is 16.6. The minimum Gasteiger partial charge on any atom is -0.465 e. The Labute approximate surface area is 222 Å². The second kappa shape index (κ2) is 13.1. The van der Waals surface area contributed by atoms with Crippen molar-refractivity contribution in [2.45, 2.75) is 95.3 Å². The van der Waals surface area contributed by atoms with Crippen molar-refractivity contribution in [2.75, 3.05) is 32.8 Å². The molecule has 1 N–H and O–H groups in total. The minimum atomic E-state index is -1.02. The van der Waals surface area contributed by atoms with Crippen LogP contribution in [0.1, 0.15) is 78.1 Å². The molecule has 3 fully saturated rings. The molecule has 37 heavy (non-hydrogen) atoms. The zero-order chi connectivity index (χ0) is 27.1. The third-order valence-corrected chi connectivity index (χ3v) is 8.31. The lowest BCUT2D eigenvalue weighted by molar-refractivity contribution is -0.160. The Bertz CT molecular complexity index is 846. The molecule has 3 aliphatic rings. The summed E-state index contributed by atoms with van der Waals surface area (Å²) in [6.45, 7) is 13.3. The van der Waals surface area contributed by atoms with Gasteiger partial charge in [0.15, 0.2) is 0 Å². The van der Waals surface area contributed by atoms with Gasteiger partial charge < -0.3 is 24.4 Å². The lowest BCUT2D eigenvalue weighted by Crippen LogP contribution is -2.56. The van der Waals surface area contributed by atoms with Crippen LogP contribution in [0.2, 0.25) is 0 Å². The van der Waals surface area contributed by atoms with Crippen LogP contribution in [0.3, 0.4) is 0 Å². The van der Waals surface area contributed by atoms with Crippen molar-refractivity contribution in [3.8, 4) is 0 Å². The third-order valence-electron chi connectivity index (χ3n) is 8.31. The second-order valence-electron chi connectivity index (χ2n) is 10.9. The molecular formula is C29H46N2O6. The lowest BCUT2D eigenvalue weighted by atomic mass is 9.66. The van der Waals surface area contributed by atoms with Crippen LogP contribution in [0.5, 0.6) is 0 Å². The Kier molecular flexibility index (Phi) is 10.4. The minimum absolute atomic E-state index is 0.121.